The first-order chi connectivity index (χ1) is 12.2. The average Bonchev–Trinajstić information content (AvgIpc) is 3.07. The molecule has 134 valence electrons. The van der Waals surface area contributed by atoms with Crippen molar-refractivity contribution in [2.24, 2.45) is 0 Å². The highest BCUT2D eigenvalue weighted by molar-refractivity contribution is 5.91. The molecule has 5 nitrogen and oxygen atoms in total. The summed E-state index contributed by atoms with van der Waals surface area (Å²) in [6, 6.07) is 10.3. The van der Waals surface area contributed by atoms with Crippen molar-refractivity contribution in [1.29, 1.82) is 0 Å². The molecule has 0 bridgehead atoms. The van der Waals surface area contributed by atoms with E-state index in [1.807, 2.05) is 31.2 Å². The van der Waals surface area contributed by atoms with Gasteiger partial charge in [0.05, 0.1) is 6.04 Å². The van der Waals surface area contributed by atoms with Crippen LogP contribution in [0.5, 0.6) is 0 Å². The molecule has 0 saturated carbocycles. The van der Waals surface area contributed by atoms with Gasteiger partial charge >= 0.3 is 0 Å². The largest absolute Gasteiger partial charge is 0.361 e. The zero-order chi connectivity index (χ0) is 17.6. The number of para-hydroxylation sites is 1. The lowest BCUT2D eigenvalue weighted by Gasteiger charge is -2.34. The highest BCUT2D eigenvalue weighted by Gasteiger charge is 2.26. The molecule has 0 spiro atoms. The van der Waals surface area contributed by atoms with E-state index in [9.17, 15) is 4.79 Å². The average molecular weight is 341 g/mol. The predicted octanol–water partition coefficient (Wildman–Crippen LogP) is 4.10. The lowest BCUT2D eigenvalue weighted by Crippen LogP contribution is -2.35. The van der Waals surface area contributed by atoms with Crippen molar-refractivity contribution >= 4 is 11.6 Å². The van der Waals surface area contributed by atoms with Crippen LogP contribution in [-0.2, 0) is 11.2 Å². The Morgan fingerprint density at radius 3 is 2.96 bits per heavy atom. The van der Waals surface area contributed by atoms with Crippen LogP contribution in [0, 0.1) is 6.92 Å². The smallest absolute Gasteiger partial charge is 0.225 e. The minimum Gasteiger partial charge on any atom is -0.361 e. The number of hydrogen-bond acceptors (Lipinski definition) is 4. The zero-order valence-corrected chi connectivity index (χ0v) is 15.1. The Bertz CT molecular complexity index is 710. The predicted molar refractivity (Wildman–Crippen MR) is 98.5 cm³/mol. The molecule has 2 heterocycles. The molecule has 1 aliphatic rings. The number of aryl methyl sites for hydroxylation is 2. The van der Waals surface area contributed by atoms with Gasteiger partial charge in [0.2, 0.25) is 5.91 Å². The van der Waals surface area contributed by atoms with Crippen LogP contribution in [-0.4, -0.2) is 29.1 Å². The third-order valence-electron chi connectivity index (χ3n) is 4.90. The van der Waals surface area contributed by atoms with Crippen molar-refractivity contribution in [1.82, 2.24) is 10.1 Å². The van der Waals surface area contributed by atoms with E-state index < -0.39 is 0 Å². The molecule has 3 rings (SSSR count). The van der Waals surface area contributed by atoms with Crippen molar-refractivity contribution in [3.63, 3.8) is 0 Å². The van der Waals surface area contributed by atoms with Gasteiger partial charge in [-0.15, -0.1) is 0 Å². The van der Waals surface area contributed by atoms with E-state index >= 15 is 0 Å². The van der Waals surface area contributed by atoms with E-state index in [0.717, 1.165) is 43.1 Å². The summed E-state index contributed by atoms with van der Waals surface area (Å²) in [5, 5.41) is 7.25. The molecule has 1 atom stereocenters. The van der Waals surface area contributed by atoms with Crippen molar-refractivity contribution in [2.75, 3.05) is 18.4 Å². The quantitative estimate of drug-likeness (QED) is 0.859. The van der Waals surface area contributed by atoms with Crippen molar-refractivity contribution in [2.45, 2.75) is 52.0 Å². The number of benzene rings is 1. The Kier molecular flexibility index (Phi) is 5.87. The van der Waals surface area contributed by atoms with Crippen LogP contribution >= 0.6 is 0 Å². The van der Waals surface area contributed by atoms with Crippen LogP contribution in [0.25, 0.3) is 0 Å². The van der Waals surface area contributed by atoms with Crippen LogP contribution in [0.1, 0.15) is 55.7 Å². The molecule has 1 aromatic carbocycles. The van der Waals surface area contributed by atoms with E-state index in [0.29, 0.717) is 6.42 Å². The molecule has 0 aliphatic carbocycles. The molecule has 0 unspecified atom stereocenters. The zero-order valence-electron chi connectivity index (χ0n) is 15.1. The Labute approximate surface area is 149 Å². The van der Waals surface area contributed by atoms with E-state index in [-0.39, 0.29) is 11.9 Å². The monoisotopic (exact) mass is 341 g/mol. The molecule has 5 heteroatoms. The SMILES string of the molecule is CCc1ccccc1NC(=O)CCN1CCCC[C@@H]1c1cc(C)on1. The molecule has 0 radical (unpaired) electrons. The first kappa shape index (κ1) is 17.7. The number of amides is 1. The van der Waals surface area contributed by atoms with E-state index in [4.69, 9.17) is 4.52 Å². The number of nitrogens with zero attached hydrogens (tertiary/aromatic N) is 2. The van der Waals surface area contributed by atoms with E-state index in [1.54, 1.807) is 0 Å². The van der Waals surface area contributed by atoms with Gasteiger partial charge in [-0.3, -0.25) is 9.69 Å². The second-order valence-corrected chi connectivity index (χ2v) is 6.72. The fraction of sp³-hybridized carbons (Fsp3) is 0.500. The summed E-state index contributed by atoms with van der Waals surface area (Å²) >= 11 is 0. The maximum Gasteiger partial charge on any atom is 0.225 e. The van der Waals surface area contributed by atoms with Gasteiger partial charge in [0, 0.05) is 24.7 Å². The maximum absolute atomic E-state index is 12.4. The van der Waals surface area contributed by atoms with Crippen molar-refractivity contribution in [3.05, 3.63) is 47.3 Å². The molecule has 1 aromatic heterocycles. The first-order valence-electron chi connectivity index (χ1n) is 9.22. The Morgan fingerprint density at radius 2 is 2.20 bits per heavy atom. The van der Waals surface area contributed by atoms with Crippen LogP contribution in [0.2, 0.25) is 0 Å². The van der Waals surface area contributed by atoms with Gasteiger partial charge in [-0.05, 0) is 44.4 Å². The van der Waals surface area contributed by atoms with Gasteiger partial charge in [-0.2, -0.15) is 0 Å². The fourth-order valence-corrected chi connectivity index (χ4v) is 3.54. The summed E-state index contributed by atoms with van der Waals surface area (Å²) < 4.78 is 5.24. The van der Waals surface area contributed by atoms with Gasteiger partial charge in [0.1, 0.15) is 11.5 Å². The topological polar surface area (TPSA) is 58.4 Å². The second-order valence-electron chi connectivity index (χ2n) is 6.72. The summed E-state index contributed by atoms with van der Waals surface area (Å²) in [5.41, 5.74) is 3.09. The number of piperidine rings is 1. The van der Waals surface area contributed by atoms with Gasteiger partial charge in [-0.25, -0.2) is 0 Å². The summed E-state index contributed by atoms with van der Waals surface area (Å²) in [7, 11) is 0. The number of nitrogens with one attached hydrogen (secondary N) is 1. The van der Waals surface area contributed by atoms with Gasteiger partial charge in [0.15, 0.2) is 0 Å². The van der Waals surface area contributed by atoms with Gasteiger partial charge in [-0.1, -0.05) is 36.7 Å². The van der Waals surface area contributed by atoms with Crippen LogP contribution in [0.15, 0.2) is 34.9 Å². The maximum atomic E-state index is 12.4. The molecular weight excluding hydrogens is 314 g/mol. The molecule has 25 heavy (non-hydrogen) atoms. The number of rotatable bonds is 6. The molecule has 1 N–H and O–H groups in total. The molecular formula is C20H27N3O2. The molecule has 1 fully saturated rings. The molecule has 1 saturated heterocycles. The Balaban J connectivity index is 1.58. The molecule has 2 aromatic rings. The van der Waals surface area contributed by atoms with E-state index in [1.165, 1.54) is 18.4 Å². The highest BCUT2D eigenvalue weighted by atomic mass is 16.5. The van der Waals surface area contributed by atoms with Gasteiger partial charge < -0.3 is 9.84 Å². The Morgan fingerprint density at radius 1 is 1.36 bits per heavy atom. The summed E-state index contributed by atoms with van der Waals surface area (Å²) in [6.45, 7) is 5.78. The molecule has 1 aliphatic heterocycles. The third-order valence-corrected chi connectivity index (χ3v) is 4.90. The van der Waals surface area contributed by atoms with Crippen molar-refractivity contribution < 1.29 is 9.32 Å². The number of carbonyl (C=O) groups is 1. The number of anilines is 1. The normalized spacial score (nSPS) is 18.2. The van der Waals surface area contributed by atoms with Crippen LogP contribution in [0.4, 0.5) is 5.69 Å². The minimum absolute atomic E-state index is 0.0709. The standard InChI is InChI=1S/C20H27N3O2/c1-3-16-8-4-5-9-17(16)21-20(24)11-13-23-12-7-6-10-19(23)18-14-15(2)25-22-18/h4-5,8-9,14,19H,3,6-7,10-13H2,1-2H3,(H,21,24)/t19-/m1/s1. The number of hydrogen-bond donors (Lipinski definition) is 1. The summed E-state index contributed by atoms with van der Waals surface area (Å²) in [4.78, 5) is 14.8. The first-order valence-corrected chi connectivity index (χ1v) is 9.22. The number of likely N-dealkylation sites (tertiary alicyclic amines) is 1. The van der Waals surface area contributed by atoms with Crippen LogP contribution < -0.4 is 5.32 Å². The summed E-state index contributed by atoms with van der Waals surface area (Å²) in [6.07, 6.45) is 4.85. The van der Waals surface area contributed by atoms with E-state index in [2.05, 4.69) is 28.4 Å². The summed E-state index contributed by atoms with van der Waals surface area (Å²) in [5.74, 6) is 0.913. The third kappa shape index (κ3) is 4.48. The van der Waals surface area contributed by atoms with Crippen molar-refractivity contribution in [3.8, 4) is 0 Å². The Hall–Kier alpha value is -2.14. The molecule has 1 amide bonds. The number of carbonyl (C=O) groups excluding carboxylic acids is 1. The highest BCUT2D eigenvalue weighted by Crippen LogP contribution is 2.30. The fourth-order valence-electron chi connectivity index (χ4n) is 3.54. The lowest BCUT2D eigenvalue weighted by atomic mass is 9.99. The minimum atomic E-state index is 0.0709. The van der Waals surface area contributed by atoms with Crippen LogP contribution in [0.3, 0.4) is 0 Å². The second kappa shape index (κ2) is 8.30. The lowest BCUT2D eigenvalue weighted by molar-refractivity contribution is -0.116. The number of aromatic nitrogens is 1. The van der Waals surface area contributed by atoms with Gasteiger partial charge in [0.25, 0.3) is 0 Å².